The molecule has 1 amide bonds. The minimum atomic E-state index is -0.0732. The number of nitrogens with two attached hydrogens (primary N) is 1. The van der Waals surface area contributed by atoms with E-state index in [1.165, 1.54) is 36.4 Å². The van der Waals surface area contributed by atoms with Crippen LogP contribution in [0.3, 0.4) is 0 Å². The van der Waals surface area contributed by atoms with Crippen molar-refractivity contribution in [1.82, 2.24) is 5.32 Å². The summed E-state index contributed by atoms with van der Waals surface area (Å²) in [5, 5.41) is 5.12. The normalized spacial score (nSPS) is 18.8. The second-order valence-electron chi connectivity index (χ2n) is 5.18. The predicted molar refractivity (Wildman–Crippen MR) is 93.7 cm³/mol. The molecule has 6 heteroatoms. The third-order valence-corrected chi connectivity index (χ3v) is 6.46. The highest BCUT2D eigenvalue weighted by molar-refractivity contribution is 7.99. The fraction of sp³-hybridized carbons (Fsp3) is 0.400. The zero-order valence-corrected chi connectivity index (χ0v) is 13.9. The molecule has 1 fully saturated rings. The van der Waals surface area contributed by atoms with E-state index in [4.69, 9.17) is 17.3 Å². The molecule has 2 heterocycles. The second kappa shape index (κ2) is 6.46. The van der Waals surface area contributed by atoms with Gasteiger partial charge >= 0.3 is 0 Å². The van der Waals surface area contributed by atoms with E-state index in [0.717, 1.165) is 16.6 Å². The van der Waals surface area contributed by atoms with Crippen LogP contribution in [-0.4, -0.2) is 23.5 Å². The number of thioether (sulfide) groups is 1. The lowest BCUT2D eigenvalue weighted by Crippen LogP contribution is -2.31. The zero-order valence-electron chi connectivity index (χ0n) is 11.5. The highest BCUT2D eigenvalue weighted by atomic mass is 35.5. The van der Waals surface area contributed by atoms with Crippen LogP contribution < -0.4 is 11.1 Å². The van der Waals surface area contributed by atoms with Gasteiger partial charge in [0.05, 0.1) is 5.69 Å². The fourth-order valence-corrected chi connectivity index (χ4v) is 5.07. The van der Waals surface area contributed by atoms with Crippen LogP contribution in [-0.2, 0) is 0 Å². The standard InChI is InChI=1S/C15H17ClN2OS2/c16-9-4-5-11-12(7-9)21-14(13(11)17)15(19)18-8-10-3-1-2-6-20-10/h4-5,7,10H,1-3,6,8,17H2,(H,18,19). The quantitative estimate of drug-likeness (QED) is 0.882. The molecule has 0 aliphatic carbocycles. The van der Waals surface area contributed by atoms with Crippen LogP contribution >= 0.6 is 34.7 Å². The molecule has 1 aromatic carbocycles. The number of carbonyl (C=O) groups is 1. The summed E-state index contributed by atoms with van der Waals surface area (Å²) in [6, 6.07) is 5.52. The van der Waals surface area contributed by atoms with Gasteiger partial charge < -0.3 is 11.1 Å². The van der Waals surface area contributed by atoms with E-state index in [1.807, 2.05) is 23.9 Å². The summed E-state index contributed by atoms with van der Waals surface area (Å²) in [5.74, 6) is 1.13. The zero-order chi connectivity index (χ0) is 14.8. The Morgan fingerprint density at radius 2 is 2.29 bits per heavy atom. The van der Waals surface area contributed by atoms with Crippen molar-refractivity contribution in [2.45, 2.75) is 24.5 Å². The number of carbonyl (C=O) groups excluding carboxylic acids is 1. The fourth-order valence-electron chi connectivity index (χ4n) is 2.51. The number of fused-ring (bicyclic) bond motifs is 1. The van der Waals surface area contributed by atoms with Gasteiger partial charge in [0.1, 0.15) is 4.88 Å². The van der Waals surface area contributed by atoms with Gasteiger partial charge in [-0.15, -0.1) is 11.3 Å². The Hall–Kier alpha value is -0.910. The number of thiophene rings is 1. The Labute approximate surface area is 137 Å². The van der Waals surface area contributed by atoms with Gasteiger partial charge in [-0.25, -0.2) is 0 Å². The van der Waals surface area contributed by atoms with Crippen LogP contribution in [0.2, 0.25) is 5.02 Å². The van der Waals surface area contributed by atoms with Crippen LogP contribution in [0.1, 0.15) is 28.9 Å². The summed E-state index contributed by atoms with van der Waals surface area (Å²) in [4.78, 5) is 12.9. The average molecular weight is 341 g/mol. The van der Waals surface area contributed by atoms with Gasteiger partial charge in [-0.05, 0) is 36.8 Å². The lowest BCUT2D eigenvalue weighted by atomic mass is 10.2. The van der Waals surface area contributed by atoms with E-state index in [-0.39, 0.29) is 5.91 Å². The van der Waals surface area contributed by atoms with Gasteiger partial charge in [0, 0.05) is 26.9 Å². The van der Waals surface area contributed by atoms with E-state index in [9.17, 15) is 4.79 Å². The second-order valence-corrected chi connectivity index (χ2v) is 8.08. The van der Waals surface area contributed by atoms with Gasteiger partial charge in [0.2, 0.25) is 0 Å². The first-order valence-corrected chi connectivity index (χ1v) is 9.27. The topological polar surface area (TPSA) is 55.1 Å². The van der Waals surface area contributed by atoms with Crippen LogP contribution in [0, 0.1) is 0 Å². The smallest absolute Gasteiger partial charge is 0.263 e. The average Bonchev–Trinajstić information content (AvgIpc) is 2.82. The molecule has 3 nitrogen and oxygen atoms in total. The van der Waals surface area contributed by atoms with Gasteiger partial charge in [-0.1, -0.05) is 18.0 Å². The Balaban J connectivity index is 1.73. The molecule has 112 valence electrons. The van der Waals surface area contributed by atoms with E-state index in [0.29, 0.717) is 20.8 Å². The SMILES string of the molecule is Nc1c(C(=O)NCC2CCCCS2)sc2cc(Cl)ccc12. The summed E-state index contributed by atoms with van der Waals surface area (Å²) in [5.41, 5.74) is 6.66. The number of hydrogen-bond donors (Lipinski definition) is 2. The molecule has 1 aromatic heterocycles. The first-order chi connectivity index (χ1) is 10.1. The number of hydrogen-bond acceptors (Lipinski definition) is 4. The van der Waals surface area contributed by atoms with Crippen molar-refractivity contribution in [3.8, 4) is 0 Å². The Morgan fingerprint density at radius 3 is 3.05 bits per heavy atom. The van der Waals surface area contributed by atoms with Crippen molar-refractivity contribution in [3.63, 3.8) is 0 Å². The number of anilines is 1. The largest absolute Gasteiger partial charge is 0.397 e. The molecule has 1 aliphatic rings. The number of rotatable bonds is 3. The lowest BCUT2D eigenvalue weighted by molar-refractivity contribution is 0.0958. The van der Waals surface area contributed by atoms with Gasteiger partial charge in [-0.2, -0.15) is 11.8 Å². The minimum absolute atomic E-state index is 0.0732. The van der Waals surface area contributed by atoms with E-state index in [2.05, 4.69) is 5.32 Å². The summed E-state index contributed by atoms with van der Waals surface area (Å²) < 4.78 is 0.956. The van der Waals surface area contributed by atoms with Crippen molar-refractivity contribution in [1.29, 1.82) is 0 Å². The van der Waals surface area contributed by atoms with E-state index >= 15 is 0 Å². The van der Waals surface area contributed by atoms with Crippen LogP contribution in [0.25, 0.3) is 10.1 Å². The molecular formula is C15H17ClN2OS2. The molecule has 1 saturated heterocycles. The van der Waals surface area contributed by atoms with Crippen molar-refractivity contribution in [2.75, 3.05) is 18.0 Å². The molecule has 0 spiro atoms. The Bertz CT molecular complexity index is 665. The maximum absolute atomic E-state index is 12.3. The number of nitrogen functional groups attached to an aromatic ring is 1. The van der Waals surface area contributed by atoms with Crippen LogP contribution in [0.4, 0.5) is 5.69 Å². The number of benzene rings is 1. The molecule has 21 heavy (non-hydrogen) atoms. The lowest BCUT2D eigenvalue weighted by Gasteiger charge is -2.21. The summed E-state index contributed by atoms with van der Waals surface area (Å²) >= 11 is 9.34. The van der Waals surface area contributed by atoms with Crippen molar-refractivity contribution < 1.29 is 4.79 Å². The molecule has 0 bridgehead atoms. The highest BCUT2D eigenvalue weighted by Gasteiger charge is 2.19. The Kier molecular flexibility index (Phi) is 4.62. The molecule has 3 N–H and O–H groups in total. The molecule has 1 aliphatic heterocycles. The summed E-state index contributed by atoms with van der Waals surface area (Å²) in [7, 11) is 0. The van der Waals surface area contributed by atoms with E-state index < -0.39 is 0 Å². The minimum Gasteiger partial charge on any atom is -0.397 e. The van der Waals surface area contributed by atoms with E-state index in [1.54, 1.807) is 6.07 Å². The summed E-state index contributed by atoms with van der Waals surface area (Å²) in [6.07, 6.45) is 3.73. The maximum atomic E-state index is 12.3. The number of nitrogens with one attached hydrogen (secondary N) is 1. The molecule has 1 atom stereocenters. The molecule has 0 saturated carbocycles. The molecule has 2 aromatic rings. The molecule has 3 rings (SSSR count). The number of halogens is 1. The first kappa shape index (κ1) is 15.0. The third kappa shape index (κ3) is 3.30. The van der Waals surface area contributed by atoms with Gasteiger partial charge in [0.25, 0.3) is 5.91 Å². The highest BCUT2D eigenvalue weighted by Crippen LogP contribution is 2.35. The van der Waals surface area contributed by atoms with Crippen LogP contribution in [0.15, 0.2) is 18.2 Å². The summed E-state index contributed by atoms with van der Waals surface area (Å²) in [6.45, 7) is 0.720. The number of amides is 1. The van der Waals surface area contributed by atoms with Crippen molar-refractivity contribution >= 4 is 56.4 Å². The Morgan fingerprint density at radius 1 is 1.43 bits per heavy atom. The van der Waals surface area contributed by atoms with Crippen molar-refractivity contribution in [2.24, 2.45) is 0 Å². The van der Waals surface area contributed by atoms with Crippen LogP contribution in [0.5, 0.6) is 0 Å². The molecule has 1 unspecified atom stereocenters. The third-order valence-electron chi connectivity index (χ3n) is 3.66. The van der Waals surface area contributed by atoms with Crippen molar-refractivity contribution in [3.05, 3.63) is 28.1 Å². The monoisotopic (exact) mass is 340 g/mol. The van der Waals surface area contributed by atoms with Gasteiger partial charge in [0.15, 0.2) is 0 Å². The molecular weight excluding hydrogens is 324 g/mol. The first-order valence-electron chi connectivity index (χ1n) is 7.02. The maximum Gasteiger partial charge on any atom is 0.263 e. The predicted octanol–water partition coefficient (Wildman–Crippen LogP) is 4.15. The van der Waals surface area contributed by atoms with Gasteiger partial charge in [-0.3, -0.25) is 4.79 Å². The molecule has 0 radical (unpaired) electrons.